The fraction of sp³-hybridized carbons (Fsp3) is 0.500. The fourth-order valence-electron chi connectivity index (χ4n) is 4.12. The van der Waals surface area contributed by atoms with Gasteiger partial charge < -0.3 is 10.2 Å². The first-order valence-electron chi connectivity index (χ1n) is 11.2. The predicted molar refractivity (Wildman–Crippen MR) is 131 cm³/mol. The minimum Gasteiger partial charge on any atom is -0.350 e. The van der Waals surface area contributed by atoms with E-state index in [0.29, 0.717) is 5.82 Å². The molecule has 0 unspecified atom stereocenters. The highest BCUT2D eigenvalue weighted by Crippen LogP contribution is 2.35. The Morgan fingerprint density at radius 2 is 2.00 bits per heavy atom. The maximum Gasteiger partial charge on any atom is 0.245 e. The number of aryl methyl sites for hydroxylation is 3. The Balaban J connectivity index is 1.57. The third-order valence-corrected chi connectivity index (χ3v) is 7.32. The van der Waals surface area contributed by atoms with Crippen LogP contribution >= 0.6 is 11.3 Å². The van der Waals surface area contributed by atoms with Gasteiger partial charge in [0.25, 0.3) is 0 Å². The quantitative estimate of drug-likeness (QED) is 0.600. The number of thiophene rings is 1. The Labute approximate surface area is 193 Å². The molecule has 32 heavy (non-hydrogen) atoms. The van der Waals surface area contributed by atoms with Gasteiger partial charge in [0.1, 0.15) is 22.3 Å². The Kier molecular flexibility index (Phi) is 6.71. The number of likely N-dealkylation sites (tertiary alicyclic amines) is 1. The standard InChI is InChI=1S/C24H32N6OS/c1-15-7-10-30(11-8-15)13-20-27-23(22-17(3)18(4)32-24(22)28-20)29(5)14-21(31)26-19-12-16(2)6-9-25-19/h6,9,12,15H,7-8,10-11,13-14H2,1-5H3,(H,25,26,31). The van der Waals surface area contributed by atoms with Gasteiger partial charge in [-0.15, -0.1) is 11.3 Å². The molecule has 170 valence electrons. The number of carbonyl (C=O) groups excluding carboxylic acids is 1. The Morgan fingerprint density at radius 1 is 1.25 bits per heavy atom. The lowest BCUT2D eigenvalue weighted by atomic mass is 9.99. The summed E-state index contributed by atoms with van der Waals surface area (Å²) in [5.41, 5.74) is 2.24. The summed E-state index contributed by atoms with van der Waals surface area (Å²) < 4.78 is 0. The van der Waals surface area contributed by atoms with Crippen molar-refractivity contribution in [2.45, 2.75) is 47.1 Å². The number of carbonyl (C=O) groups is 1. The van der Waals surface area contributed by atoms with E-state index in [1.807, 2.05) is 31.0 Å². The van der Waals surface area contributed by atoms with Gasteiger partial charge in [-0.05, 0) is 75.9 Å². The molecule has 3 aromatic heterocycles. The second kappa shape index (κ2) is 9.50. The lowest BCUT2D eigenvalue weighted by Crippen LogP contribution is -2.34. The molecule has 1 fully saturated rings. The van der Waals surface area contributed by atoms with Crippen LogP contribution in [0.4, 0.5) is 11.6 Å². The number of likely N-dealkylation sites (N-methyl/N-ethyl adjacent to an activating group) is 1. The largest absolute Gasteiger partial charge is 0.350 e. The molecule has 4 heterocycles. The van der Waals surface area contributed by atoms with Crippen molar-refractivity contribution in [2.75, 3.05) is 36.9 Å². The highest BCUT2D eigenvalue weighted by molar-refractivity contribution is 7.18. The SMILES string of the molecule is Cc1ccnc(NC(=O)CN(C)c2nc(CN3CCC(C)CC3)nc3sc(C)c(C)c23)c1. The molecule has 1 amide bonds. The van der Waals surface area contributed by atoms with Crippen LogP contribution in [0.5, 0.6) is 0 Å². The number of hydrogen-bond acceptors (Lipinski definition) is 7. The van der Waals surface area contributed by atoms with Gasteiger partial charge in [-0.25, -0.2) is 15.0 Å². The average molecular weight is 453 g/mol. The molecule has 0 aliphatic carbocycles. The zero-order chi connectivity index (χ0) is 22.8. The summed E-state index contributed by atoms with van der Waals surface area (Å²) >= 11 is 1.70. The number of piperidine rings is 1. The van der Waals surface area contributed by atoms with Crippen molar-refractivity contribution in [1.82, 2.24) is 19.9 Å². The molecular formula is C24H32N6OS. The zero-order valence-corrected chi connectivity index (χ0v) is 20.4. The molecule has 0 radical (unpaired) electrons. The first-order chi connectivity index (χ1) is 15.3. The van der Waals surface area contributed by atoms with E-state index in [4.69, 9.17) is 9.97 Å². The second-order valence-corrected chi connectivity index (χ2v) is 10.2. The van der Waals surface area contributed by atoms with Crippen molar-refractivity contribution in [3.05, 3.63) is 40.2 Å². The van der Waals surface area contributed by atoms with Crippen LogP contribution < -0.4 is 10.2 Å². The molecule has 1 aliphatic heterocycles. The van der Waals surface area contributed by atoms with Crippen molar-refractivity contribution < 1.29 is 4.79 Å². The van der Waals surface area contributed by atoms with E-state index in [0.717, 1.165) is 53.0 Å². The van der Waals surface area contributed by atoms with Crippen molar-refractivity contribution in [2.24, 2.45) is 5.92 Å². The van der Waals surface area contributed by atoms with Crippen LogP contribution in [0.1, 0.15) is 41.6 Å². The minimum atomic E-state index is -0.117. The van der Waals surface area contributed by atoms with E-state index >= 15 is 0 Å². The lowest BCUT2D eigenvalue weighted by molar-refractivity contribution is -0.114. The summed E-state index contributed by atoms with van der Waals surface area (Å²) in [5, 5.41) is 3.94. The van der Waals surface area contributed by atoms with E-state index in [9.17, 15) is 4.79 Å². The van der Waals surface area contributed by atoms with Gasteiger partial charge in [-0.2, -0.15) is 0 Å². The number of pyridine rings is 1. The van der Waals surface area contributed by atoms with Gasteiger partial charge in [0.05, 0.1) is 18.5 Å². The number of amides is 1. The fourth-order valence-corrected chi connectivity index (χ4v) is 5.16. The van der Waals surface area contributed by atoms with E-state index < -0.39 is 0 Å². The van der Waals surface area contributed by atoms with E-state index in [-0.39, 0.29) is 12.5 Å². The van der Waals surface area contributed by atoms with Crippen LogP contribution in [0.2, 0.25) is 0 Å². The van der Waals surface area contributed by atoms with Crippen LogP contribution in [0.15, 0.2) is 18.3 Å². The van der Waals surface area contributed by atoms with Crippen molar-refractivity contribution in [3.8, 4) is 0 Å². The van der Waals surface area contributed by atoms with Gasteiger partial charge in [0.2, 0.25) is 5.91 Å². The summed E-state index contributed by atoms with van der Waals surface area (Å²) in [6, 6.07) is 3.77. The van der Waals surface area contributed by atoms with Crippen molar-refractivity contribution >= 4 is 39.1 Å². The monoisotopic (exact) mass is 452 g/mol. The van der Waals surface area contributed by atoms with Crippen LogP contribution in [-0.4, -0.2) is 52.4 Å². The normalized spacial score (nSPS) is 15.3. The number of nitrogens with one attached hydrogen (secondary N) is 1. The molecule has 3 aromatic rings. The molecule has 4 rings (SSSR count). The number of aromatic nitrogens is 3. The summed E-state index contributed by atoms with van der Waals surface area (Å²) in [6.45, 7) is 11.6. The van der Waals surface area contributed by atoms with Crippen molar-refractivity contribution in [1.29, 1.82) is 0 Å². The first kappa shape index (κ1) is 22.6. The van der Waals surface area contributed by atoms with Crippen LogP contribution in [0, 0.1) is 26.7 Å². The van der Waals surface area contributed by atoms with Gasteiger partial charge in [-0.1, -0.05) is 6.92 Å². The number of fused-ring (bicyclic) bond motifs is 1. The third-order valence-electron chi connectivity index (χ3n) is 6.22. The molecule has 0 aromatic carbocycles. The Morgan fingerprint density at radius 3 is 2.72 bits per heavy atom. The molecular weight excluding hydrogens is 420 g/mol. The average Bonchev–Trinajstić information content (AvgIpc) is 3.02. The van der Waals surface area contributed by atoms with Crippen LogP contribution in [0.3, 0.4) is 0 Å². The number of rotatable bonds is 6. The zero-order valence-electron chi connectivity index (χ0n) is 19.6. The second-order valence-electron chi connectivity index (χ2n) is 9.01. The van der Waals surface area contributed by atoms with Gasteiger partial charge in [0, 0.05) is 18.1 Å². The number of hydrogen-bond donors (Lipinski definition) is 1. The van der Waals surface area contributed by atoms with Crippen LogP contribution in [0.25, 0.3) is 10.2 Å². The minimum absolute atomic E-state index is 0.117. The number of anilines is 2. The van der Waals surface area contributed by atoms with E-state index in [2.05, 4.69) is 36.0 Å². The first-order valence-corrected chi connectivity index (χ1v) is 12.0. The Hall–Kier alpha value is -2.58. The highest BCUT2D eigenvalue weighted by Gasteiger charge is 2.22. The molecule has 1 saturated heterocycles. The maximum atomic E-state index is 12.7. The smallest absolute Gasteiger partial charge is 0.245 e. The molecule has 0 atom stereocenters. The third kappa shape index (κ3) is 5.07. The summed E-state index contributed by atoms with van der Waals surface area (Å²) in [5.74, 6) is 2.90. The van der Waals surface area contributed by atoms with Gasteiger partial charge in [0.15, 0.2) is 0 Å². The summed E-state index contributed by atoms with van der Waals surface area (Å²) in [6.07, 6.45) is 4.15. The molecule has 1 aliphatic rings. The molecule has 0 bridgehead atoms. The molecule has 0 saturated carbocycles. The van der Waals surface area contributed by atoms with Gasteiger partial charge >= 0.3 is 0 Å². The molecule has 7 nitrogen and oxygen atoms in total. The van der Waals surface area contributed by atoms with Gasteiger partial charge in [-0.3, -0.25) is 9.69 Å². The van der Waals surface area contributed by atoms with E-state index in [1.54, 1.807) is 17.5 Å². The summed E-state index contributed by atoms with van der Waals surface area (Å²) in [7, 11) is 1.92. The highest BCUT2D eigenvalue weighted by atomic mass is 32.1. The summed E-state index contributed by atoms with van der Waals surface area (Å²) in [4.78, 5) is 33.4. The molecule has 0 spiro atoms. The number of nitrogens with zero attached hydrogens (tertiary/aromatic N) is 5. The van der Waals surface area contributed by atoms with Crippen molar-refractivity contribution in [3.63, 3.8) is 0 Å². The maximum absolute atomic E-state index is 12.7. The van der Waals surface area contributed by atoms with Crippen LogP contribution in [-0.2, 0) is 11.3 Å². The molecule has 8 heteroatoms. The van der Waals surface area contributed by atoms with E-state index in [1.165, 1.54) is 23.3 Å². The predicted octanol–water partition coefficient (Wildman–Crippen LogP) is 4.32. The Bertz CT molecular complexity index is 1120. The topological polar surface area (TPSA) is 74.2 Å². The lowest BCUT2D eigenvalue weighted by Gasteiger charge is -2.29. The molecule has 1 N–H and O–H groups in total.